The molecule has 1 aromatic carbocycles. The summed E-state index contributed by atoms with van der Waals surface area (Å²) in [6.07, 6.45) is 5.97. The van der Waals surface area contributed by atoms with Gasteiger partial charge >= 0.3 is 0 Å². The van der Waals surface area contributed by atoms with Crippen molar-refractivity contribution in [2.45, 2.75) is 44.6 Å². The Hall–Kier alpha value is -0.530. The van der Waals surface area contributed by atoms with Gasteiger partial charge in [0.05, 0.1) is 0 Å². The maximum atomic E-state index is 6.46. The quantitative estimate of drug-likeness (QED) is 0.771. The van der Waals surface area contributed by atoms with Gasteiger partial charge in [0, 0.05) is 10.6 Å². The number of benzene rings is 1. The van der Waals surface area contributed by atoms with Gasteiger partial charge < -0.3 is 5.73 Å². The Morgan fingerprint density at radius 1 is 1.13 bits per heavy atom. The van der Waals surface area contributed by atoms with Crippen LogP contribution in [0, 0.1) is 6.92 Å². The molecule has 2 rings (SSSR count). The van der Waals surface area contributed by atoms with Crippen LogP contribution in [0.25, 0.3) is 0 Å². The van der Waals surface area contributed by atoms with E-state index in [0.717, 1.165) is 17.9 Å². The first-order chi connectivity index (χ1) is 7.10. The van der Waals surface area contributed by atoms with E-state index in [0.29, 0.717) is 0 Å². The molecule has 0 bridgehead atoms. The van der Waals surface area contributed by atoms with Gasteiger partial charge in [0.15, 0.2) is 0 Å². The molecular weight excluding hydrogens is 206 g/mol. The summed E-state index contributed by atoms with van der Waals surface area (Å²) < 4.78 is 0. The van der Waals surface area contributed by atoms with Gasteiger partial charge in [0.1, 0.15) is 0 Å². The van der Waals surface area contributed by atoms with Crippen LogP contribution >= 0.6 is 11.6 Å². The van der Waals surface area contributed by atoms with Crippen molar-refractivity contribution in [1.29, 1.82) is 0 Å². The number of hydrogen-bond acceptors (Lipinski definition) is 1. The zero-order valence-corrected chi connectivity index (χ0v) is 9.98. The normalized spacial score (nSPS) is 20.2. The molecule has 1 saturated carbocycles. The minimum atomic E-state index is -0.131. The van der Waals surface area contributed by atoms with Crippen molar-refractivity contribution in [3.8, 4) is 0 Å². The first-order valence-electron chi connectivity index (χ1n) is 5.67. The van der Waals surface area contributed by atoms with Crippen LogP contribution < -0.4 is 5.73 Å². The summed E-state index contributed by atoms with van der Waals surface area (Å²) in [6.45, 7) is 2.07. The molecule has 0 unspecified atom stereocenters. The lowest BCUT2D eigenvalue weighted by Crippen LogP contribution is -2.38. The van der Waals surface area contributed by atoms with Gasteiger partial charge in [-0.15, -0.1) is 0 Å². The monoisotopic (exact) mass is 223 g/mol. The molecule has 2 N–H and O–H groups in total. The molecule has 0 aliphatic heterocycles. The first kappa shape index (κ1) is 11.0. The molecule has 1 aliphatic carbocycles. The Balaban J connectivity index is 2.34. The second-order valence-electron chi connectivity index (χ2n) is 4.73. The molecule has 0 radical (unpaired) electrons. The van der Waals surface area contributed by atoms with Crippen LogP contribution in [0.1, 0.15) is 43.2 Å². The standard InChI is InChI=1S/C13H18ClN/c1-10-7-11(9-12(14)8-10)13(15)5-3-2-4-6-13/h7-9H,2-6,15H2,1H3. The maximum absolute atomic E-state index is 6.46. The molecule has 1 aliphatic rings. The average molecular weight is 224 g/mol. The number of aryl methyl sites for hydroxylation is 1. The number of hydrogen-bond donors (Lipinski definition) is 1. The number of nitrogens with two attached hydrogens (primary N) is 1. The zero-order valence-electron chi connectivity index (χ0n) is 9.22. The minimum absolute atomic E-state index is 0.131. The molecule has 1 aromatic rings. The number of halogens is 1. The second-order valence-corrected chi connectivity index (χ2v) is 5.17. The molecule has 0 heterocycles. The fraction of sp³-hybridized carbons (Fsp3) is 0.538. The van der Waals surface area contributed by atoms with Gasteiger partial charge in [-0.3, -0.25) is 0 Å². The minimum Gasteiger partial charge on any atom is -0.321 e. The first-order valence-corrected chi connectivity index (χ1v) is 6.04. The largest absolute Gasteiger partial charge is 0.321 e. The lowest BCUT2D eigenvalue weighted by atomic mass is 9.77. The fourth-order valence-corrected chi connectivity index (χ4v) is 2.78. The second kappa shape index (κ2) is 4.15. The van der Waals surface area contributed by atoms with E-state index in [9.17, 15) is 0 Å². The van der Waals surface area contributed by atoms with Crippen LogP contribution in [0.3, 0.4) is 0 Å². The van der Waals surface area contributed by atoms with Gasteiger partial charge in [-0.25, -0.2) is 0 Å². The Morgan fingerprint density at radius 3 is 2.40 bits per heavy atom. The molecule has 82 valence electrons. The molecule has 0 saturated heterocycles. The van der Waals surface area contributed by atoms with Gasteiger partial charge in [-0.05, 0) is 43.0 Å². The predicted octanol–water partition coefficient (Wildman–Crippen LogP) is 3.77. The topological polar surface area (TPSA) is 26.0 Å². The van der Waals surface area contributed by atoms with Crippen molar-refractivity contribution >= 4 is 11.6 Å². The van der Waals surface area contributed by atoms with Gasteiger partial charge in [-0.2, -0.15) is 0 Å². The van der Waals surface area contributed by atoms with Crippen LogP contribution in [0.4, 0.5) is 0 Å². The maximum Gasteiger partial charge on any atom is 0.0412 e. The Morgan fingerprint density at radius 2 is 1.80 bits per heavy atom. The lowest BCUT2D eigenvalue weighted by molar-refractivity contribution is 0.302. The van der Waals surface area contributed by atoms with Crippen molar-refractivity contribution in [3.05, 3.63) is 34.3 Å². The van der Waals surface area contributed by atoms with Crippen molar-refractivity contribution in [1.82, 2.24) is 0 Å². The van der Waals surface area contributed by atoms with Crippen LogP contribution in [0.15, 0.2) is 18.2 Å². The molecule has 2 heteroatoms. The van der Waals surface area contributed by atoms with Gasteiger partial charge in [-0.1, -0.05) is 36.9 Å². The predicted molar refractivity (Wildman–Crippen MR) is 65.1 cm³/mol. The van der Waals surface area contributed by atoms with E-state index in [1.807, 2.05) is 12.1 Å². The highest BCUT2D eigenvalue weighted by molar-refractivity contribution is 6.30. The van der Waals surface area contributed by atoms with Crippen LogP contribution in [-0.2, 0) is 5.54 Å². The lowest BCUT2D eigenvalue weighted by Gasteiger charge is -2.34. The fourth-order valence-electron chi connectivity index (χ4n) is 2.50. The average Bonchev–Trinajstić information content (AvgIpc) is 2.17. The Bertz CT molecular complexity index is 333. The summed E-state index contributed by atoms with van der Waals surface area (Å²) in [5, 5.41) is 0.806. The summed E-state index contributed by atoms with van der Waals surface area (Å²) in [5.41, 5.74) is 8.75. The van der Waals surface area contributed by atoms with E-state index in [-0.39, 0.29) is 5.54 Å². The third-order valence-corrected chi connectivity index (χ3v) is 3.58. The summed E-state index contributed by atoms with van der Waals surface area (Å²) in [5.74, 6) is 0. The highest BCUT2D eigenvalue weighted by atomic mass is 35.5. The molecular formula is C13H18ClN. The molecule has 1 fully saturated rings. The summed E-state index contributed by atoms with van der Waals surface area (Å²) >= 11 is 6.08. The van der Waals surface area contributed by atoms with E-state index in [1.54, 1.807) is 0 Å². The summed E-state index contributed by atoms with van der Waals surface area (Å²) in [4.78, 5) is 0. The van der Waals surface area contributed by atoms with Crippen LogP contribution in [-0.4, -0.2) is 0 Å². The van der Waals surface area contributed by atoms with Crippen LogP contribution in [0.2, 0.25) is 5.02 Å². The zero-order chi connectivity index (χ0) is 10.9. The summed E-state index contributed by atoms with van der Waals surface area (Å²) in [6, 6.07) is 6.19. The summed E-state index contributed by atoms with van der Waals surface area (Å²) in [7, 11) is 0. The van der Waals surface area contributed by atoms with Crippen molar-refractivity contribution in [2.24, 2.45) is 5.73 Å². The highest BCUT2D eigenvalue weighted by Gasteiger charge is 2.29. The van der Waals surface area contributed by atoms with E-state index in [4.69, 9.17) is 17.3 Å². The SMILES string of the molecule is Cc1cc(Cl)cc(C2(N)CCCCC2)c1. The van der Waals surface area contributed by atoms with E-state index >= 15 is 0 Å². The Kier molecular flexibility index (Phi) is 3.03. The smallest absolute Gasteiger partial charge is 0.0412 e. The molecule has 1 nitrogen and oxygen atoms in total. The van der Waals surface area contributed by atoms with Crippen molar-refractivity contribution < 1.29 is 0 Å². The van der Waals surface area contributed by atoms with Crippen molar-refractivity contribution in [3.63, 3.8) is 0 Å². The number of rotatable bonds is 1. The van der Waals surface area contributed by atoms with Crippen LogP contribution in [0.5, 0.6) is 0 Å². The molecule has 0 aromatic heterocycles. The molecule has 0 spiro atoms. The third kappa shape index (κ3) is 2.35. The van der Waals surface area contributed by atoms with E-state index < -0.39 is 0 Å². The van der Waals surface area contributed by atoms with E-state index in [1.165, 1.54) is 30.4 Å². The molecule has 15 heavy (non-hydrogen) atoms. The molecule has 0 atom stereocenters. The Labute approximate surface area is 96.6 Å². The molecule has 0 amide bonds. The highest BCUT2D eigenvalue weighted by Crippen LogP contribution is 2.36. The van der Waals surface area contributed by atoms with Crippen molar-refractivity contribution in [2.75, 3.05) is 0 Å². The van der Waals surface area contributed by atoms with Gasteiger partial charge in [0.25, 0.3) is 0 Å². The van der Waals surface area contributed by atoms with E-state index in [2.05, 4.69) is 13.0 Å². The van der Waals surface area contributed by atoms with Gasteiger partial charge in [0.2, 0.25) is 0 Å². The third-order valence-electron chi connectivity index (χ3n) is 3.36.